The number of hydrogen-bond donors (Lipinski definition) is 1. The molecule has 0 radical (unpaired) electrons. The largest absolute Gasteiger partial charge is 0.541 e. The Morgan fingerprint density at radius 3 is 2.25 bits per heavy atom. The Labute approximate surface area is 124 Å². The standard InChI is InChI=1S/C16H29NO2Si/c1-12(17)10-13-8-9-14(15(11-13)18-5)19-20(6,7)16(2,3)4/h8-9,11-12H,10,17H2,1-7H3. The van der Waals surface area contributed by atoms with Crippen LogP contribution in [-0.4, -0.2) is 21.5 Å². The van der Waals surface area contributed by atoms with Gasteiger partial charge in [0.2, 0.25) is 0 Å². The summed E-state index contributed by atoms with van der Waals surface area (Å²) < 4.78 is 11.8. The van der Waals surface area contributed by atoms with Crippen LogP contribution in [0.1, 0.15) is 33.3 Å². The van der Waals surface area contributed by atoms with E-state index in [2.05, 4.69) is 39.9 Å². The zero-order valence-corrected chi connectivity index (χ0v) is 14.9. The highest BCUT2D eigenvalue weighted by Crippen LogP contribution is 2.40. The van der Waals surface area contributed by atoms with Crippen molar-refractivity contribution in [2.24, 2.45) is 5.73 Å². The molecule has 20 heavy (non-hydrogen) atoms. The van der Waals surface area contributed by atoms with E-state index in [1.165, 1.54) is 5.56 Å². The lowest BCUT2D eigenvalue weighted by Gasteiger charge is -2.36. The fourth-order valence-electron chi connectivity index (χ4n) is 1.72. The van der Waals surface area contributed by atoms with Crippen molar-refractivity contribution in [3.8, 4) is 11.5 Å². The summed E-state index contributed by atoms with van der Waals surface area (Å²) in [6.45, 7) is 13.2. The first kappa shape index (κ1) is 17.0. The van der Waals surface area contributed by atoms with Gasteiger partial charge in [0.15, 0.2) is 5.75 Å². The van der Waals surface area contributed by atoms with E-state index in [0.717, 1.165) is 17.9 Å². The van der Waals surface area contributed by atoms with E-state index in [9.17, 15) is 0 Å². The molecule has 0 fully saturated rings. The summed E-state index contributed by atoms with van der Waals surface area (Å²) in [5.74, 6) is 1.64. The van der Waals surface area contributed by atoms with Crippen LogP contribution in [0.25, 0.3) is 0 Å². The first-order valence-corrected chi connectivity index (χ1v) is 10.1. The summed E-state index contributed by atoms with van der Waals surface area (Å²) in [7, 11) is -0.163. The van der Waals surface area contributed by atoms with Crippen LogP contribution in [-0.2, 0) is 6.42 Å². The van der Waals surface area contributed by atoms with Crippen LogP contribution in [0.5, 0.6) is 11.5 Å². The third-order valence-corrected chi connectivity index (χ3v) is 8.30. The van der Waals surface area contributed by atoms with E-state index in [0.29, 0.717) is 0 Å². The van der Waals surface area contributed by atoms with Crippen LogP contribution in [0.3, 0.4) is 0 Å². The molecule has 1 unspecified atom stereocenters. The molecule has 0 bridgehead atoms. The highest BCUT2D eigenvalue weighted by atomic mass is 28.4. The normalized spacial score (nSPS) is 14.0. The molecule has 0 aliphatic carbocycles. The molecule has 4 heteroatoms. The second-order valence-corrected chi connectivity index (χ2v) is 11.8. The molecule has 0 saturated carbocycles. The minimum atomic E-state index is -1.85. The highest BCUT2D eigenvalue weighted by molar-refractivity contribution is 6.74. The molecule has 3 nitrogen and oxygen atoms in total. The molecular weight excluding hydrogens is 266 g/mol. The second-order valence-electron chi connectivity index (χ2n) is 7.03. The first-order valence-electron chi connectivity index (χ1n) is 7.18. The van der Waals surface area contributed by atoms with Crippen molar-refractivity contribution in [1.29, 1.82) is 0 Å². The Kier molecular flexibility index (Phi) is 5.27. The van der Waals surface area contributed by atoms with Crippen molar-refractivity contribution < 1.29 is 9.16 Å². The van der Waals surface area contributed by atoms with E-state index >= 15 is 0 Å². The van der Waals surface area contributed by atoms with Crippen molar-refractivity contribution in [1.82, 2.24) is 0 Å². The highest BCUT2D eigenvalue weighted by Gasteiger charge is 2.39. The molecule has 1 aromatic rings. The van der Waals surface area contributed by atoms with E-state index in [1.807, 2.05) is 19.1 Å². The molecule has 1 atom stereocenters. The molecule has 0 aliphatic heterocycles. The Morgan fingerprint density at radius 2 is 1.80 bits per heavy atom. The third-order valence-electron chi connectivity index (χ3n) is 3.96. The molecule has 0 heterocycles. The third kappa shape index (κ3) is 4.25. The van der Waals surface area contributed by atoms with Gasteiger partial charge >= 0.3 is 0 Å². The number of methoxy groups -OCH3 is 1. The Bertz CT molecular complexity index is 450. The van der Waals surface area contributed by atoms with Crippen LogP contribution >= 0.6 is 0 Å². The number of benzene rings is 1. The molecule has 1 aromatic carbocycles. The van der Waals surface area contributed by atoms with Crippen LogP contribution in [0.4, 0.5) is 0 Å². The van der Waals surface area contributed by atoms with Crippen molar-refractivity contribution in [3.63, 3.8) is 0 Å². The fraction of sp³-hybridized carbons (Fsp3) is 0.625. The van der Waals surface area contributed by atoms with Gasteiger partial charge in [-0.25, -0.2) is 0 Å². The Balaban J connectivity index is 3.02. The predicted octanol–water partition coefficient (Wildman–Crippen LogP) is 3.97. The zero-order chi connectivity index (χ0) is 15.6. The summed E-state index contributed by atoms with van der Waals surface area (Å²) in [6, 6.07) is 6.27. The number of nitrogens with two attached hydrogens (primary N) is 1. The SMILES string of the molecule is COc1cc(CC(C)N)ccc1O[Si](C)(C)C(C)(C)C. The number of ether oxygens (including phenoxy) is 1. The topological polar surface area (TPSA) is 44.5 Å². The Hall–Kier alpha value is -1.00. The molecule has 2 N–H and O–H groups in total. The van der Waals surface area contributed by atoms with Crippen molar-refractivity contribution >= 4 is 8.32 Å². The summed E-state index contributed by atoms with van der Waals surface area (Å²) in [5, 5.41) is 0.169. The van der Waals surface area contributed by atoms with Crippen molar-refractivity contribution in [2.45, 2.75) is 58.3 Å². The smallest absolute Gasteiger partial charge is 0.250 e. The van der Waals surface area contributed by atoms with E-state index in [-0.39, 0.29) is 11.1 Å². The minimum Gasteiger partial charge on any atom is -0.541 e. The number of hydrogen-bond acceptors (Lipinski definition) is 3. The summed E-state index contributed by atoms with van der Waals surface area (Å²) in [5.41, 5.74) is 7.03. The lowest BCUT2D eigenvalue weighted by atomic mass is 10.1. The minimum absolute atomic E-state index is 0.145. The molecule has 1 rings (SSSR count). The molecule has 0 amide bonds. The van der Waals surface area contributed by atoms with Gasteiger partial charge in [0.05, 0.1) is 7.11 Å². The monoisotopic (exact) mass is 295 g/mol. The molecule has 0 aliphatic rings. The number of rotatable bonds is 5. The van der Waals surface area contributed by atoms with Gasteiger partial charge in [-0.15, -0.1) is 0 Å². The molecule has 114 valence electrons. The van der Waals surface area contributed by atoms with E-state index in [4.69, 9.17) is 14.9 Å². The zero-order valence-electron chi connectivity index (χ0n) is 13.9. The maximum Gasteiger partial charge on any atom is 0.250 e. The Morgan fingerprint density at radius 1 is 1.20 bits per heavy atom. The average molecular weight is 295 g/mol. The second kappa shape index (κ2) is 6.18. The maximum atomic E-state index is 6.33. The van der Waals surface area contributed by atoms with Gasteiger partial charge in [0.1, 0.15) is 5.75 Å². The van der Waals surface area contributed by atoms with Gasteiger partial charge < -0.3 is 14.9 Å². The first-order chi connectivity index (χ1) is 9.06. The van der Waals surface area contributed by atoms with Crippen LogP contribution in [0.2, 0.25) is 18.1 Å². The fourth-order valence-corrected chi connectivity index (χ4v) is 2.75. The van der Waals surface area contributed by atoms with Gasteiger partial charge in [0.25, 0.3) is 8.32 Å². The summed E-state index contributed by atoms with van der Waals surface area (Å²) in [4.78, 5) is 0. The van der Waals surface area contributed by atoms with Crippen molar-refractivity contribution in [3.05, 3.63) is 23.8 Å². The van der Waals surface area contributed by atoms with Gasteiger partial charge in [-0.1, -0.05) is 26.8 Å². The summed E-state index contributed by atoms with van der Waals surface area (Å²) >= 11 is 0. The van der Waals surface area contributed by atoms with E-state index < -0.39 is 8.32 Å². The molecule has 0 spiro atoms. The molecule has 0 aromatic heterocycles. The molecular formula is C16H29NO2Si. The average Bonchev–Trinajstić information content (AvgIpc) is 2.28. The van der Waals surface area contributed by atoms with Crippen LogP contribution in [0, 0.1) is 0 Å². The lowest BCUT2D eigenvalue weighted by molar-refractivity contribution is 0.385. The van der Waals surface area contributed by atoms with Crippen LogP contribution in [0.15, 0.2) is 18.2 Å². The van der Waals surface area contributed by atoms with Gasteiger partial charge in [-0.05, 0) is 49.2 Å². The van der Waals surface area contributed by atoms with E-state index in [1.54, 1.807) is 7.11 Å². The predicted molar refractivity (Wildman–Crippen MR) is 88.2 cm³/mol. The molecule has 0 saturated heterocycles. The van der Waals surface area contributed by atoms with Crippen molar-refractivity contribution in [2.75, 3.05) is 7.11 Å². The summed E-state index contributed by atoms with van der Waals surface area (Å²) in [6.07, 6.45) is 0.844. The van der Waals surface area contributed by atoms with Gasteiger partial charge in [-0.3, -0.25) is 0 Å². The maximum absolute atomic E-state index is 6.33. The van der Waals surface area contributed by atoms with Gasteiger partial charge in [-0.2, -0.15) is 0 Å². The quantitative estimate of drug-likeness (QED) is 0.836. The lowest BCUT2D eigenvalue weighted by Crippen LogP contribution is -2.43. The van der Waals surface area contributed by atoms with Crippen LogP contribution < -0.4 is 14.9 Å². The van der Waals surface area contributed by atoms with Gasteiger partial charge in [0, 0.05) is 6.04 Å².